The van der Waals surface area contributed by atoms with Crippen molar-refractivity contribution in [1.82, 2.24) is 9.55 Å². The van der Waals surface area contributed by atoms with E-state index in [9.17, 15) is 9.59 Å². The Balaban J connectivity index is 1.29. The van der Waals surface area contributed by atoms with Gasteiger partial charge in [0.15, 0.2) is 0 Å². The molecule has 4 aromatic rings. The Hall–Kier alpha value is -3.93. The molecule has 1 aliphatic heterocycles. The van der Waals surface area contributed by atoms with Crippen LogP contribution in [0.5, 0.6) is 0 Å². The minimum absolute atomic E-state index is 0.147. The molecule has 0 unspecified atom stereocenters. The Labute approximate surface area is 186 Å². The second-order valence-electron chi connectivity index (χ2n) is 8.06. The van der Waals surface area contributed by atoms with Crippen LogP contribution >= 0.6 is 0 Å². The lowest BCUT2D eigenvalue weighted by molar-refractivity contribution is -0.119. The van der Waals surface area contributed by atoms with Gasteiger partial charge in [-0.2, -0.15) is 0 Å². The molecule has 160 valence electrons. The van der Waals surface area contributed by atoms with Gasteiger partial charge in [-0.25, -0.2) is 4.98 Å². The Bertz CT molecular complexity index is 1290. The number of aryl methyl sites for hydroxylation is 1. The van der Waals surface area contributed by atoms with Gasteiger partial charge in [-0.05, 0) is 73.5 Å². The molecule has 0 bridgehead atoms. The summed E-state index contributed by atoms with van der Waals surface area (Å²) in [6.45, 7) is 0.738. The molecule has 3 aromatic carbocycles. The number of carbonyl (C=O) groups is 2. The zero-order chi connectivity index (χ0) is 22.1. The highest BCUT2D eigenvalue weighted by Crippen LogP contribution is 2.25. The lowest BCUT2D eigenvalue weighted by Gasteiger charge is -2.26. The van der Waals surface area contributed by atoms with Gasteiger partial charge in [-0.15, -0.1) is 0 Å². The van der Waals surface area contributed by atoms with Crippen LogP contribution in [0.3, 0.4) is 0 Å². The maximum atomic E-state index is 12.7. The predicted molar refractivity (Wildman–Crippen MR) is 127 cm³/mol. The Morgan fingerprint density at radius 1 is 0.938 bits per heavy atom. The molecule has 6 heteroatoms. The van der Waals surface area contributed by atoms with Crippen molar-refractivity contribution in [2.24, 2.45) is 7.05 Å². The monoisotopic (exact) mass is 424 g/mol. The van der Waals surface area contributed by atoms with E-state index in [1.54, 1.807) is 17.0 Å². The van der Waals surface area contributed by atoms with Gasteiger partial charge in [0.2, 0.25) is 5.91 Å². The number of rotatable bonds is 4. The highest BCUT2D eigenvalue weighted by atomic mass is 16.2. The molecule has 32 heavy (non-hydrogen) atoms. The summed E-state index contributed by atoms with van der Waals surface area (Å²) in [5.74, 6) is 0.845. The molecule has 0 radical (unpaired) electrons. The van der Waals surface area contributed by atoms with Crippen LogP contribution < -0.4 is 10.2 Å². The van der Waals surface area contributed by atoms with Crippen molar-refractivity contribution in [3.05, 3.63) is 78.4 Å². The average Bonchev–Trinajstić information content (AvgIpc) is 3.17. The van der Waals surface area contributed by atoms with E-state index in [-0.39, 0.29) is 11.8 Å². The Kier molecular flexibility index (Phi) is 5.19. The van der Waals surface area contributed by atoms with Crippen molar-refractivity contribution in [3.63, 3.8) is 0 Å². The molecule has 1 aromatic heterocycles. The number of hydrogen-bond donors (Lipinski definition) is 1. The maximum absolute atomic E-state index is 12.7. The number of nitrogens with zero attached hydrogens (tertiary/aromatic N) is 3. The quantitative estimate of drug-likeness (QED) is 0.501. The molecule has 0 atom stereocenters. The van der Waals surface area contributed by atoms with Crippen LogP contribution in [0.25, 0.3) is 22.4 Å². The number of piperidine rings is 1. The van der Waals surface area contributed by atoms with Crippen molar-refractivity contribution in [2.75, 3.05) is 16.8 Å². The van der Waals surface area contributed by atoms with Crippen LogP contribution in [0.1, 0.15) is 29.6 Å². The SMILES string of the molecule is Cn1c(-c2ccc(NC(=O)c3ccc(N4CCCCC4=O)cc3)cc2)nc2ccccc21. The molecule has 1 N–H and O–H groups in total. The zero-order valence-corrected chi connectivity index (χ0v) is 17.9. The molecule has 0 spiro atoms. The maximum Gasteiger partial charge on any atom is 0.255 e. The molecular weight excluding hydrogens is 400 g/mol. The topological polar surface area (TPSA) is 67.2 Å². The lowest BCUT2D eigenvalue weighted by atomic mass is 10.1. The summed E-state index contributed by atoms with van der Waals surface area (Å²) in [6.07, 6.45) is 2.55. The van der Waals surface area contributed by atoms with E-state index < -0.39 is 0 Å². The van der Waals surface area contributed by atoms with Gasteiger partial charge in [0, 0.05) is 42.5 Å². The van der Waals surface area contributed by atoms with E-state index in [0.717, 1.165) is 47.5 Å². The smallest absolute Gasteiger partial charge is 0.255 e. The molecule has 1 fully saturated rings. The van der Waals surface area contributed by atoms with Gasteiger partial charge >= 0.3 is 0 Å². The van der Waals surface area contributed by atoms with Gasteiger partial charge in [0.1, 0.15) is 5.82 Å². The molecule has 1 saturated heterocycles. The largest absolute Gasteiger partial charge is 0.327 e. The van der Waals surface area contributed by atoms with Crippen molar-refractivity contribution >= 4 is 34.2 Å². The third-order valence-electron chi connectivity index (χ3n) is 5.95. The first-order valence-corrected chi connectivity index (χ1v) is 10.8. The third kappa shape index (κ3) is 3.75. The fraction of sp³-hybridized carbons (Fsp3) is 0.192. The normalized spacial score (nSPS) is 14.0. The fourth-order valence-corrected chi connectivity index (χ4v) is 4.18. The predicted octanol–water partition coefficient (Wildman–Crippen LogP) is 5.01. The summed E-state index contributed by atoms with van der Waals surface area (Å²) in [7, 11) is 2.00. The van der Waals surface area contributed by atoms with Crippen molar-refractivity contribution < 1.29 is 9.59 Å². The summed E-state index contributed by atoms with van der Waals surface area (Å²) in [6, 6.07) is 22.9. The average molecular weight is 425 g/mol. The Morgan fingerprint density at radius 2 is 1.69 bits per heavy atom. The summed E-state index contributed by atoms with van der Waals surface area (Å²) in [5, 5.41) is 2.94. The number of aromatic nitrogens is 2. The van der Waals surface area contributed by atoms with E-state index in [0.29, 0.717) is 17.7 Å². The van der Waals surface area contributed by atoms with Gasteiger partial charge in [0.25, 0.3) is 5.91 Å². The molecular formula is C26H24N4O2. The molecule has 2 amide bonds. The highest BCUT2D eigenvalue weighted by molar-refractivity contribution is 6.05. The first-order valence-electron chi connectivity index (χ1n) is 10.8. The van der Waals surface area contributed by atoms with E-state index in [2.05, 4.69) is 9.88 Å². The molecule has 0 saturated carbocycles. The van der Waals surface area contributed by atoms with Crippen molar-refractivity contribution in [1.29, 1.82) is 0 Å². The van der Waals surface area contributed by atoms with E-state index in [4.69, 9.17) is 4.98 Å². The lowest BCUT2D eigenvalue weighted by Crippen LogP contribution is -2.35. The second kappa shape index (κ2) is 8.30. The van der Waals surface area contributed by atoms with Crippen molar-refractivity contribution in [2.45, 2.75) is 19.3 Å². The first kappa shape index (κ1) is 20.0. The number of fused-ring (bicyclic) bond motifs is 1. The van der Waals surface area contributed by atoms with Crippen LogP contribution in [0.2, 0.25) is 0 Å². The summed E-state index contributed by atoms with van der Waals surface area (Å²) in [5.41, 5.74) is 5.13. The number of anilines is 2. The van der Waals surface area contributed by atoms with Gasteiger partial charge < -0.3 is 14.8 Å². The number of hydrogen-bond acceptors (Lipinski definition) is 3. The summed E-state index contributed by atoms with van der Waals surface area (Å²) < 4.78 is 2.07. The van der Waals surface area contributed by atoms with E-state index >= 15 is 0 Å². The van der Waals surface area contributed by atoms with E-state index in [1.807, 2.05) is 67.7 Å². The number of para-hydroxylation sites is 2. The van der Waals surface area contributed by atoms with E-state index in [1.165, 1.54) is 0 Å². The highest BCUT2D eigenvalue weighted by Gasteiger charge is 2.19. The van der Waals surface area contributed by atoms with Crippen LogP contribution in [-0.2, 0) is 11.8 Å². The number of imidazole rings is 1. The summed E-state index contributed by atoms with van der Waals surface area (Å²) >= 11 is 0. The van der Waals surface area contributed by atoms with Gasteiger partial charge in [-0.1, -0.05) is 12.1 Å². The number of nitrogens with one attached hydrogen (secondary N) is 1. The fourth-order valence-electron chi connectivity index (χ4n) is 4.18. The van der Waals surface area contributed by atoms with Crippen LogP contribution in [0.15, 0.2) is 72.8 Å². The molecule has 2 heterocycles. The van der Waals surface area contributed by atoms with Crippen molar-refractivity contribution in [3.8, 4) is 11.4 Å². The summed E-state index contributed by atoms with van der Waals surface area (Å²) in [4.78, 5) is 31.3. The number of benzene rings is 3. The minimum atomic E-state index is -0.183. The number of carbonyl (C=O) groups excluding carboxylic acids is 2. The molecule has 5 rings (SSSR count). The standard InChI is InChI=1S/C26H24N4O2/c1-29-23-7-3-2-6-22(23)28-25(29)18-9-13-20(14-10-18)27-26(32)19-11-15-21(16-12-19)30-17-5-4-8-24(30)31/h2-3,6-7,9-16H,4-5,8,17H2,1H3,(H,27,32). The molecule has 1 aliphatic rings. The zero-order valence-electron chi connectivity index (χ0n) is 17.9. The number of amides is 2. The third-order valence-corrected chi connectivity index (χ3v) is 5.95. The van der Waals surface area contributed by atoms with Crippen LogP contribution in [0.4, 0.5) is 11.4 Å². The van der Waals surface area contributed by atoms with Gasteiger partial charge in [-0.3, -0.25) is 9.59 Å². The molecule has 6 nitrogen and oxygen atoms in total. The second-order valence-corrected chi connectivity index (χ2v) is 8.06. The van der Waals surface area contributed by atoms with Crippen LogP contribution in [0, 0.1) is 0 Å². The first-order chi connectivity index (χ1) is 15.6. The minimum Gasteiger partial charge on any atom is -0.327 e. The van der Waals surface area contributed by atoms with Crippen LogP contribution in [-0.4, -0.2) is 27.9 Å². The Morgan fingerprint density at radius 3 is 2.41 bits per heavy atom. The van der Waals surface area contributed by atoms with Gasteiger partial charge in [0.05, 0.1) is 11.0 Å². The molecule has 0 aliphatic carbocycles.